The van der Waals surface area contributed by atoms with Crippen molar-refractivity contribution in [1.82, 2.24) is 10.2 Å². The first-order valence-corrected chi connectivity index (χ1v) is 7.36. The number of hydrogen-bond donors (Lipinski definition) is 1. The van der Waals surface area contributed by atoms with Gasteiger partial charge in [-0.2, -0.15) is 0 Å². The van der Waals surface area contributed by atoms with Crippen molar-refractivity contribution in [3.8, 4) is 0 Å². The second kappa shape index (κ2) is 6.72. The highest BCUT2D eigenvalue weighted by molar-refractivity contribution is 4.89. The lowest BCUT2D eigenvalue weighted by Gasteiger charge is -2.44. The Kier molecular flexibility index (Phi) is 5.26. The molecule has 17 heavy (non-hydrogen) atoms. The smallest absolute Gasteiger partial charge is 0.0726 e. The lowest BCUT2D eigenvalue weighted by atomic mass is 9.89. The zero-order valence-electron chi connectivity index (χ0n) is 11.5. The zero-order valence-corrected chi connectivity index (χ0v) is 11.5. The van der Waals surface area contributed by atoms with E-state index in [1.165, 1.54) is 51.6 Å². The molecular weight excluding hydrogens is 212 g/mol. The molecule has 3 nitrogen and oxygen atoms in total. The van der Waals surface area contributed by atoms with Gasteiger partial charge in [-0.3, -0.25) is 4.90 Å². The third-order valence-electron chi connectivity index (χ3n) is 4.50. The fraction of sp³-hybridized carbons (Fsp3) is 1.00. The Bertz CT molecular complexity index is 216. The molecule has 100 valence electrons. The fourth-order valence-corrected chi connectivity index (χ4v) is 3.61. The van der Waals surface area contributed by atoms with Gasteiger partial charge in [-0.1, -0.05) is 19.8 Å². The number of rotatable bonds is 4. The molecule has 0 aromatic heterocycles. The van der Waals surface area contributed by atoms with Gasteiger partial charge in [-0.25, -0.2) is 0 Å². The van der Waals surface area contributed by atoms with E-state index < -0.39 is 0 Å². The third kappa shape index (κ3) is 3.21. The molecule has 0 radical (unpaired) electrons. The number of nitrogens with one attached hydrogen (secondary N) is 1. The SMILES string of the molecule is CCN(C1CCCNC1)C1CCCCC1OC. The maximum atomic E-state index is 5.72. The Morgan fingerprint density at radius 3 is 2.65 bits per heavy atom. The van der Waals surface area contributed by atoms with Gasteiger partial charge in [0.25, 0.3) is 0 Å². The summed E-state index contributed by atoms with van der Waals surface area (Å²) in [5, 5.41) is 3.54. The minimum atomic E-state index is 0.464. The first-order chi connectivity index (χ1) is 8.36. The molecule has 1 N–H and O–H groups in total. The molecule has 2 fully saturated rings. The summed E-state index contributed by atoms with van der Waals surface area (Å²) in [6.07, 6.45) is 8.43. The van der Waals surface area contributed by atoms with Gasteiger partial charge in [0.2, 0.25) is 0 Å². The topological polar surface area (TPSA) is 24.5 Å². The Balaban J connectivity index is 1.99. The van der Waals surface area contributed by atoms with Crippen molar-refractivity contribution in [2.75, 3.05) is 26.7 Å². The summed E-state index contributed by atoms with van der Waals surface area (Å²) in [5.74, 6) is 0. The van der Waals surface area contributed by atoms with Gasteiger partial charge >= 0.3 is 0 Å². The summed E-state index contributed by atoms with van der Waals surface area (Å²) in [6, 6.07) is 1.39. The molecule has 1 saturated heterocycles. The fourth-order valence-electron chi connectivity index (χ4n) is 3.61. The second-order valence-corrected chi connectivity index (χ2v) is 5.46. The van der Waals surface area contributed by atoms with Crippen molar-refractivity contribution in [3.05, 3.63) is 0 Å². The van der Waals surface area contributed by atoms with E-state index in [-0.39, 0.29) is 0 Å². The summed E-state index contributed by atoms with van der Waals surface area (Å²) < 4.78 is 5.72. The number of nitrogens with zero attached hydrogens (tertiary/aromatic N) is 1. The van der Waals surface area contributed by atoms with Crippen molar-refractivity contribution in [2.24, 2.45) is 0 Å². The van der Waals surface area contributed by atoms with E-state index >= 15 is 0 Å². The van der Waals surface area contributed by atoms with Crippen LogP contribution in [0.1, 0.15) is 45.4 Å². The highest BCUT2D eigenvalue weighted by Gasteiger charge is 2.33. The predicted octanol–water partition coefficient (Wildman–Crippen LogP) is 2.02. The highest BCUT2D eigenvalue weighted by Crippen LogP contribution is 2.27. The van der Waals surface area contributed by atoms with Crippen LogP contribution >= 0.6 is 0 Å². The molecule has 2 rings (SSSR count). The van der Waals surface area contributed by atoms with Crippen LogP contribution in [0.25, 0.3) is 0 Å². The summed E-state index contributed by atoms with van der Waals surface area (Å²) >= 11 is 0. The largest absolute Gasteiger partial charge is 0.380 e. The van der Waals surface area contributed by atoms with Crippen molar-refractivity contribution < 1.29 is 4.74 Å². The average molecular weight is 240 g/mol. The van der Waals surface area contributed by atoms with Crippen LogP contribution in [-0.4, -0.2) is 49.8 Å². The van der Waals surface area contributed by atoms with Gasteiger partial charge in [0.15, 0.2) is 0 Å². The first-order valence-electron chi connectivity index (χ1n) is 7.36. The molecule has 0 aromatic rings. The molecule has 1 aliphatic carbocycles. The summed E-state index contributed by atoms with van der Waals surface area (Å²) in [4.78, 5) is 2.71. The second-order valence-electron chi connectivity index (χ2n) is 5.46. The van der Waals surface area contributed by atoms with Crippen LogP contribution in [-0.2, 0) is 4.74 Å². The molecule has 0 aromatic carbocycles. The Hall–Kier alpha value is -0.120. The number of hydrogen-bond acceptors (Lipinski definition) is 3. The van der Waals surface area contributed by atoms with Crippen LogP contribution in [0.5, 0.6) is 0 Å². The maximum absolute atomic E-state index is 5.72. The van der Waals surface area contributed by atoms with E-state index in [1.807, 2.05) is 7.11 Å². The Morgan fingerprint density at radius 1 is 1.18 bits per heavy atom. The standard InChI is InChI=1S/C14H28N2O/c1-3-16(12-7-6-10-15-11-12)13-8-4-5-9-14(13)17-2/h12-15H,3-11H2,1-2H3. The van der Waals surface area contributed by atoms with E-state index in [4.69, 9.17) is 4.74 Å². The van der Waals surface area contributed by atoms with Crippen LogP contribution in [0.15, 0.2) is 0 Å². The normalized spacial score (nSPS) is 35.1. The minimum absolute atomic E-state index is 0.464. The minimum Gasteiger partial charge on any atom is -0.380 e. The van der Waals surface area contributed by atoms with Crippen LogP contribution in [0.4, 0.5) is 0 Å². The summed E-state index contributed by atoms with van der Waals surface area (Å²) in [7, 11) is 1.88. The summed E-state index contributed by atoms with van der Waals surface area (Å²) in [6.45, 7) is 5.83. The van der Waals surface area contributed by atoms with Crippen LogP contribution in [0, 0.1) is 0 Å². The number of ether oxygens (including phenoxy) is 1. The molecule has 0 amide bonds. The number of likely N-dealkylation sites (N-methyl/N-ethyl adjacent to an activating group) is 1. The van der Waals surface area contributed by atoms with Crippen molar-refractivity contribution in [1.29, 1.82) is 0 Å². The highest BCUT2D eigenvalue weighted by atomic mass is 16.5. The van der Waals surface area contributed by atoms with E-state index in [0.717, 1.165) is 12.6 Å². The van der Waals surface area contributed by atoms with Crippen molar-refractivity contribution in [2.45, 2.75) is 63.6 Å². The predicted molar refractivity (Wildman–Crippen MR) is 71.3 cm³/mol. The van der Waals surface area contributed by atoms with Gasteiger partial charge in [-0.05, 0) is 38.8 Å². The van der Waals surface area contributed by atoms with Gasteiger partial charge in [0, 0.05) is 25.7 Å². The molecule has 3 heteroatoms. The molecule has 0 spiro atoms. The molecular formula is C14H28N2O. The monoisotopic (exact) mass is 240 g/mol. The quantitative estimate of drug-likeness (QED) is 0.813. The van der Waals surface area contributed by atoms with Crippen LogP contribution < -0.4 is 5.32 Å². The summed E-state index contributed by atoms with van der Waals surface area (Å²) in [5.41, 5.74) is 0. The number of piperidine rings is 1. The zero-order chi connectivity index (χ0) is 12.1. The molecule has 3 unspecified atom stereocenters. The van der Waals surface area contributed by atoms with Crippen LogP contribution in [0.3, 0.4) is 0 Å². The number of methoxy groups -OCH3 is 1. The lowest BCUT2D eigenvalue weighted by molar-refractivity contribution is -0.0287. The van der Waals surface area contributed by atoms with Crippen molar-refractivity contribution in [3.63, 3.8) is 0 Å². The molecule has 1 saturated carbocycles. The Labute approximate surface area is 106 Å². The Morgan fingerprint density at radius 2 is 2.00 bits per heavy atom. The van der Waals surface area contributed by atoms with Gasteiger partial charge < -0.3 is 10.1 Å². The van der Waals surface area contributed by atoms with Gasteiger partial charge in [-0.15, -0.1) is 0 Å². The van der Waals surface area contributed by atoms with E-state index in [2.05, 4.69) is 17.1 Å². The first kappa shape index (κ1) is 13.3. The molecule has 1 aliphatic heterocycles. The van der Waals surface area contributed by atoms with Gasteiger partial charge in [0.05, 0.1) is 6.10 Å². The van der Waals surface area contributed by atoms with E-state index in [0.29, 0.717) is 12.1 Å². The maximum Gasteiger partial charge on any atom is 0.0726 e. The average Bonchev–Trinajstić information content (AvgIpc) is 2.41. The van der Waals surface area contributed by atoms with Gasteiger partial charge in [0.1, 0.15) is 0 Å². The van der Waals surface area contributed by atoms with E-state index in [1.54, 1.807) is 0 Å². The van der Waals surface area contributed by atoms with Crippen molar-refractivity contribution >= 4 is 0 Å². The van der Waals surface area contributed by atoms with Crippen LogP contribution in [0.2, 0.25) is 0 Å². The van der Waals surface area contributed by atoms with E-state index in [9.17, 15) is 0 Å². The molecule has 3 atom stereocenters. The lowest BCUT2D eigenvalue weighted by Crippen LogP contribution is -2.55. The third-order valence-corrected chi connectivity index (χ3v) is 4.50. The molecule has 1 heterocycles. The molecule has 0 bridgehead atoms. The molecule has 2 aliphatic rings.